The van der Waals surface area contributed by atoms with Gasteiger partial charge in [0, 0.05) is 27.2 Å². The molecule has 3 rings (SSSR count). The lowest BCUT2D eigenvalue weighted by atomic mass is 10.1. The van der Waals surface area contributed by atoms with E-state index in [1.807, 2.05) is 30.3 Å². The number of benzene rings is 2. The number of nitrogens with two attached hydrogens (primary N) is 1. The Labute approximate surface area is 153 Å². The molecule has 1 aromatic heterocycles. The minimum absolute atomic E-state index is 0.157. The van der Waals surface area contributed by atoms with Crippen LogP contribution in [0.25, 0.3) is 10.8 Å². The summed E-state index contributed by atoms with van der Waals surface area (Å²) in [5.41, 5.74) is 1.42. The second-order valence-corrected chi connectivity index (χ2v) is 6.61. The molecule has 0 fully saturated rings. The van der Waals surface area contributed by atoms with E-state index in [1.54, 1.807) is 18.3 Å². The van der Waals surface area contributed by atoms with Gasteiger partial charge in [0.15, 0.2) is 0 Å². The Morgan fingerprint density at radius 2 is 2.00 bits per heavy atom. The van der Waals surface area contributed by atoms with E-state index in [1.165, 1.54) is 0 Å². The van der Waals surface area contributed by atoms with E-state index < -0.39 is 0 Å². The summed E-state index contributed by atoms with van der Waals surface area (Å²) in [5.74, 6) is -0.157. The first-order valence-electron chi connectivity index (χ1n) is 7.06. The predicted molar refractivity (Wildman–Crippen MR) is 101 cm³/mol. The molecule has 1 amide bonds. The lowest BCUT2D eigenvalue weighted by molar-refractivity contribution is -0.115. The first kappa shape index (κ1) is 17.0. The normalized spacial score (nSPS) is 10.8. The number of nitrogens with zero attached hydrogens (tertiary/aromatic N) is 1. The number of pyridine rings is 1. The first-order chi connectivity index (χ1) is 11.6. The molecule has 0 bridgehead atoms. The fourth-order valence-corrected chi connectivity index (χ4v) is 3.25. The molecule has 4 nitrogen and oxygen atoms in total. The highest BCUT2D eigenvalue weighted by Crippen LogP contribution is 2.30. The topological polar surface area (TPSA) is 68.0 Å². The molecule has 0 unspecified atom stereocenters. The highest BCUT2D eigenvalue weighted by molar-refractivity contribution is 7.97. The summed E-state index contributed by atoms with van der Waals surface area (Å²) in [6.45, 7) is 0. The molecule has 24 heavy (non-hydrogen) atoms. The zero-order valence-electron chi connectivity index (χ0n) is 12.4. The van der Waals surface area contributed by atoms with E-state index in [0.29, 0.717) is 15.9 Å². The standard InChI is InChI=1S/C17H13Cl2N3OS/c18-14-4-2-1-3-10(14)7-17(23)22-12-5-11-6-16(19)21-9-13(11)15(8-12)24-20/h1-6,8-9H,7,20H2,(H,22,23). The van der Waals surface area contributed by atoms with Crippen LogP contribution in [0.3, 0.4) is 0 Å². The number of carbonyl (C=O) groups is 1. The fraction of sp³-hybridized carbons (Fsp3) is 0.0588. The maximum absolute atomic E-state index is 12.3. The zero-order valence-corrected chi connectivity index (χ0v) is 14.8. The minimum atomic E-state index is -0.157. The molecule has 0 spiro atoms. The number of rotatable bonds is 4. The Balaban J connectivity index is 1.87. The summed E-state index contributed by atoms with van der Waals surface area (Å²) < 4.78 is 0. The first-order valence-corrected chi connectivity index (χ1v) is 8.69. The van der Waals surface area contributed by atoms with Crippen molar-refractivity contribution in [3.05, 3.63) is 64.4 Å². The molecule has 0 aliphatic carbocycles. The molecule has 3 aromatic rings. The number of fused-ring (bicyclic) bond motifs is 1. The van der Waals surface area contributed by atoms with Gasteiger partial charge in [-0.2, -0.15) is 0 Å². The largest absolute Gasteiger partial charge is 0.326 e. The average Bonchev–Trinajstić information content (AvgIpc) is 2.55. The number of amides is 1. The number of aromatic nitrogens is 1. The monoisotopic (exact) mass is 377 g/mol. The minimum Gasteiger partial charge on any atom is -0.326 e. The molecule has 3 N–H and O–H groups in total. The van der Waals surface area contributed by atoms with Gasteiger partial charge in [-0.15, -0.1) is 0 Å². The molecule has 0 aliphatic heterocycles. The number of hydrogen-bond acceptors (Lipinski definition) is 4. The van der Waals surface area contributed by atoms with Crippen LogP contribution in [-0.4, -0.2) is 10.9 Å². The third-order valence-corrected chi connectivity index (χ3v) is 4.65. The molecule has 0 aliphatic rings. The van der Waals surface area contributed by atoms with Gasteiger partial charge in [0.1, 0.15) is 5.15 Å². The Bertz CT molecular complexity index is 917. The van der Waals surface area contributed by atoms with Crippen molar-refractivity contribution in [3.8, 4) is 0 Å². The summed E-state index contributed by atoms with van der Waals surface area (Å²) in [6.07, 6.45) is 1.86. The Morgan fingerprint density at radius 3 is 2.75 bits per heavy atom. The van der Waals surface area contributed by atoms with Crippen molar-refractivity contribution in [3.63, 3.8) is 0 Å². The van der Waals surface area contributed by atoms with Crippen LogP contribution in [0.4, 0.5) is 5.69 Å². The van der Waals surface area contributed by atoms with E-state index >= 15 is 0 Å². The molecule has 2 aromatic carbocycles. The van der Waals surface area contributed by atoms with E-state index in [4.69, 9.17) is 28.3 Å². The lowest BCUT2D eigenvalue weighted by Gasteiger charge is -2.10. The summed E-state index contributed by atoms with van der Waals surface area (Å²) in [7, 11) is 0. The number of carbonyl (C=O) groups excluding carboxylic acids is 1. The van der Waals surface area contributed by atoms with Crippen LogP contribution in [0.5, 0.6) is 0 Å². The molecule has 122 valence electrons. The van der Waals surface area contributed by atoms with Crippen LogP contribution in [0.1, 0.15) is 5.56 Å². The number of nitrogens with one attached hydrogen (secondary N) is 1. The van der Waals surface area contributed by atoms with E-state index in [0.717, 1.165) is 33.2 Å². The molecule has 1 heterocycles. The van der Waals surface area contributed by atoms with Gasteiger partial charge in [-0.05, 0) is 47.2 Å². The molecule has 0 atom stereocenters. The van der Waals surface area contributed by atoms with Gasteiger partial charge in [0.25, 0.3) is 0 Å². The summed E-state index contributed by atoms with van der Waals surface area (Å²) in [4.78, 5) is 17.2. The van der Waals surface area contributed by atoms with Crippen LogP contribution in [0.2, 0.25) is 10.2 Å². The van der Waals surface area contributed by atoms with Gasteiger partial charge in [-0.25, -0.2) is 4.98 Å². The zero-order chi connectivity index (χ0) is 17.1. The predicted octanol–water partition coefficient (Wildman–Crippen LogP) is 4.69. The smallest absolute Gasteiger partial charge is 0.228 e. The van der Waals surface area contributed by atoms with Crippen molar-refractivity contribution in [2.45, 2.75) is 11.3 Å². The highest BCUT2D eigenvalue weighted by atomic mass is 35.5. The van der Waals surface area contributed by atoms with E-state index in [-0.39, 0.29) is 12.3 Å². The molecule has 7 heteroatoms. The maximum atomic E-state index is 12.3. The van der Waals surface area contributed by atoms with Crippen LogP contribution >= 0.6 is 35.1 Å². The van der Waals surface area contributed by atoms with Gasteiger partial charge < -0.3 is 5.32 Å². The van der Waals surface area contributed by atoms with Crippen LogP contribution in [-0.2, 0) is 11.2 Å². The highest BCUT2D eigenvalue weighted by Gasteiger charge is 2.10. The molecular formula is C17H13Cl2N3OS. The molecule has 0 radical (unpaired) electrons. The van der Waals surface area contributed by atoms with Gasteiger partial charge in [0.05, 0.1) is 6.42 Å². The van der Waals surface area contributed by atoms with Crippen molar-refractivity contribution in [2.24, 2.45) is 5.14 Å². The van der Waals surface area contributed by atoms with Gasteiger partial charge in [-0.1, -0.05) is 41.4 Å². The van der Waals surface area contributed by atoms with Crippen LogP contribution in [0.15, 0.2) is 53.6 Å². The SMILES string of the molecule is NSc1cc(NC(=O)Cc2ccccc2Cl)cc2cc(Cl)ncc12. The van der Waals surface area contributed by atoms with Crippen LogP contribution < -0.4 is 10.5 Å². The van der Waals surface area contributed by atoms with Gasteiger partial charge >= 0.3 is 0 Å². The third kappa shape index (κ3) is 3.82. The summed E-state index contributed by atoms with van der Waals surface area (Å²) in [5, 5.41) is 11.3. The van der Waals surface area contributed by atoms with Gasteiger partial charge in [-0.3, -0.25) is 9.93 Å². The van der Waals surface area contributed by atoms with Crippen LogP contribution in [0, 0.1) is 0 Å². The lowest BCUT2D eigenvalue weighted by Crippen LogP contribution is -2.14. The average molecular weight is 378 g/mol. The Hall–Kier alpha value is -1.79. The Morgan fingerprint density at radius 1 is 1.21 bits per heavy atom. The Kier molecular flexibility index (Phi) is 5.26. The van der Waals surface area contributed by atoms with Crippen molar-refractivity contribution < 1.29 is 4.79 Å². The quantitative estimate of drug-likeness (QED) is 0.511. The second-order valence-electron chi connectivity index (χ2n) is 5.14. The third-order valence-electron chi connectivity index (χ3n) is 3.49. The van der Waals surface area contributed by atoms with Crippen molar-refractivity contribution in [2.75, 3.05) is 5.32 Å². The number of halogens is 2. The number of hydrogen-bond donors (Lipinski definition) is 2. The van der Waals surface area contributed by atoms with Crippen molar-refractivity contribution in [1.29, 1.82) is 0 Å². The van der Waals surface area contributed by atoms with E-state index in [2.05, 4.69) is 10.3 Å². The summed E-state index contributed by atoms with van der Waals surface area (Å²) >= 11 is 13.1. The second kappa shape index (κ2) is 7.40. The summed E-state index contributed by atoms with van der Waals surface area (Å²) in [6, 6.07) is 12.7. The van der Waals surface area contributed by atoms with Crippen molar-refractivity contribution >= 4 is 57.5 Å². The van der Waals surface area contributed by atoms with Gasteiger partial charge in [0.2, 0.25) is 5.91 Å². The number of anilines is 1. The maximum Gasteiger partial charge on any atom is 0.228 e. The fourth-order valence-electron chi connectivity index (χ4n) is 2.39. The van der Waals surface area contributed by atoms with E-state index in [9.17, 15) is 4.79 Å². The van der Waals surface area contributed by atoms with Crippen molar-refractivity contribution in [1.82, 2.24) is 4.98 Å². The molecule has 0 saturated carbocycles. The molecule has 0 saturated heterocycles. The molecular weight excluding hydrogens is 365 g/mol.